The van der Waals surface area contributed by atoms with Crippen LogP contribution in [0.2, 0.25) is 5.02 Å². The third-order valence-corrected chi connectivity index (χ3v) is 12.3. The lowest BCUT2D eigenvalue weighted by Crippen LogP contribution is -2.86. The van der Waals surface area contributed by atoms with E-state index in [2.05, 4.69) is 135 Å². The third kappa shape index (κ3) is 3.87. The van der Waals surface area contributed by atoms with Crippen molar-refractivity contribution in [1.82, 2.24) is 10.2 Å². The third-order valence-electron chi connectivity index (χ3n) is 11.8. The van der Waals surface area contributed by atoms with E-state index < -0.39 is 5.54 Å². The van der Waals surface area contributed by atoms with Gasteiger partial charge in [0.2, 0.25) is 0 Å². The molecule has 0 aliphatic carbocycles. The SMILES string of the molecule is Cc1c(C)c(C)c(C(C)(c2c(C)c(C)c(Cl)c(C)c2C)N2C(C)(C)C(C)(C)NC(C)(C)C2(C)C)c(C)c1C. The van der Waals surface area contributed by atoms with Crippen molar-refractivity contribution in [2.24, 2.45) is 0 Å². The topological polar surface area (TPSA) is 15.3 Å². The first-order chi connectivity index (χ1) is 16.9. The maximum atomic E-state index is 6.95. The summed E-state index contributed by atoms with van der Waals surface area (Å²) in [6.07, 6.45) is 0. The molecule has 0 saturated carbocycles. The molecule has 1 fully saturated rings. The lowest BCUT2D eigenvalue weighted by molar-refractivity contribution is -0.170. The first kappa shape index (κ1) is 31.2. The summed E-state index contributed by atoms with van der Waals surface area (Å²) in [4.78, 5) is 2.88. The van der Waals surface area contributed by atoms with Crippen LogP contribution >= 0.6 is 11.6 Å². The fourth-order valence-corrected chi connectivity index (χ4v) is 8.32. The molecule has 0 amide bonds. The second kappa shape index (κ2) is 9.08. The number of benzene rings is 2. The molecule has 2 aromatic rings. The Bertz CT molecular complexity index is 1150. The molecule has 1 heterocycles. The van der Waals surface area contributed by atoms with E-state index >= 15 is 0 Å². The molecule has 0 spiro atoms. The van der Waals surface area contributed by atoms with E-state index in [-0.39, 0.29) is 22.2 Å². The van der Waals surface area contributed by atoms with Crippen molar-refractivity contribution in [3.8, 4) is 0 Å². The van der Waals surface area contributed by atoms with Crippen LogP contribution < -0.4 is 5.32 Å². The van der Waals surface area contributed by atoms with Crippen LogP contribution in [0.25, 0.3) is 0 Å². The maximum Gasteiger partial charge on any atom is 0.0707 e. The molecule has 1 aliphatic heterocycles. The fraction of sp³-hybridized carbons (Fsp3) is 0.657. The summed E-state index contributed by atoms with van der Waals surface area (Å²) in [7, 11) is 0. The molecule has 1 saturated heterocycles. The average Bonchev–Trinajstić information content (AvgIpc) is 2.77. The van der Waals surface area contributed by atoms with Crippen molar-refractivity contribution < 1.29 is 0 Å². The lowest BCUT2D eigenvalue weighted by Gasteiger charge is -2.72. The molecule has 1 unspecified atom stereocenters. The highest BCUT2D eigenvalue weighted by Gasteiger charge is 2.64. The largest absolute Gasteiger partial charge is 0.303 e. The quantitative estimate of drug-likeness (QED) is 0.418. The van der Waals surface area contributed by atoms with Crippen LogP contribution in [0, 0.1) is 62.3 Å². The number of rotatable bonds is 3. The number of nitrogens with one attached hydrogen (secondary N) is 1. The van der Waals surface area contributed by atoms with E-state index in [1.54, 1.807) is 0 Å². The number of nitrogens with zero attached hydrogens (tertiary/aromatic N) is 1. The van der Waals surface area contributed by atoms with Crippen molar-refractivity contribution in [3.63, 3.8) is 0 Å². The van der Waals surface area contributed by atoms with Gasteiger partial charge >= 0.3 is 0 Å². The van der Waals surface area contributed by atoms with Gasteiger partial charge in [0, 0.05) is 27.2 Å². The molecular weight excluding hydrogens is 484 g/mol. The van der Waals surface area contributed by atoms with Gasteiger partial charge in [-0.1, -0.05) is 11.6 Å². The van der Waals surface area contributed by atoms with Crippen LogP contribution in [0.1, 0.15) is 124 Å². The minimum atomic E-state index is -0.421. The van der Waals surface area contributed by atoms with E-state index in [0.717, 1.165) is 5.02 Å². The molecule has 0 aromatic heterocycles. The second-order valence-corrected chi connectivity index (χ2v) is 15.0. The highest BCUT2D eigenvalue weighted by atomic mass is 35.5. The average molecular weight is 539 g/mol. The summed E-state index contributed by atoms with van der Waals surface area (Å²) in [6, 6.07) is 0. The Morgan fingerprint density at radius 2 is 0.763 bits per heavy atom. The van der Waals surface area contributed by atoms with Gasteiger partial charge in [0.1, 0.15) is 0 Å². The predicted octanol–water partition coefficient (Wildman–Crippen LogP) is 9.40. The molecule has 3 heteroatoms. The van der Waals surface area contributed by atoms with Gasteiger partial charge in [-0.15, -0.1) is 0 Å². The predicted molar refractivity (Wildman–Crippen MR) is 168 cm³/mol. The zero-order valence-electron chi connectivity index (χ0n) is 27.8. The van der Waals surface area contributed by atoms with Crippen molar-refractivity contribution >= 4 is 11.6 Å². The standard InChI is InChI=1S/C35H55ClN2/c1-19-20(2)22(4)28(23(5)21(19)3)35(18,29-24(6)26(8)30(36)27(9)25(29)7)38-33(14,15)31(10,11)37-32(12,13)34(38,16)17/h37H,1-18H3. The summed E-state index contributed by atoms with van der Waals surface area (Å²) in [5.74, 6) is 0. The second-order valence-electron chi connectivity index (χ2n) is 14.6. The van der Waals surface area contributed by atoms with Crippen molar-refractivity contribution in [1.29, 1.82) is 0 Å². The van der Waals surface area contributed by atoms with E-state index in [0.29, 0.717) is 0 Å². The van der Waals surface area contributed by atoms with Gasteiger partial charge < -0.3 is 5.32 Å². The Labute approximate surface area is 239 Å². The Morgan fingerprint density at radius 3 is 1.08 bits per heavy atom. The van der Waals surface area contributed by atoms with Crippen LogP contribution in [-0.2, 0) is 5.54 Å². The molecule has 1 atom stereocenters. The Balaban J connectivity index is 2.75. The molecule has 0 bridgehead atoms. The van der Waals surface area contributed by atoms with Crippen LogP contribution in [0.3, 0.4) is 0 Å². The fourth-order valence-electron chi connectivity index (χ4n) is 8.04. The van der Waals surface area contributed by atoms with E-state index in [1.165, 1.54) is 61.2 Å². The normalized spacial score (nSPS) is 21.9. The molecule has 1 N–H and O–H groups in total. The monoisotopic (exact) mass is 538 g/mol. The van der Waals surface area contributed by atoms with Crippen molar-refractivity contribution in [2.45, 2.75) is 152 Å². The zero-order valence-corrected chi connectivity index (χ0v) is 28.6. The Hall–Kier alpha value is -1.35. The highest BCUT2D eigenvalue weighted by molar-refractivity contribution is 6.32. The molecule has 2 nitrogen and oxygen atoms in total. The summed E-state index contributed by atoms with van der Waals surface area (Å²) < 4.78 is 0. The van der Waals surface area contributed by atoms with Gasteiger partial charge in [0.25, 0.3) is 0 Å². The van der Waals surface area contributed by atoms with Crippen molar-refractivity contribution in [2.75, 3.05) is 0 Å². The molecule has 212 valence electrons. The van der Waals surface area contributed by atoms with E-state index in [4.69, 9.17) is 11.6 Å². The minimum absolute atomic E-state index is 0.151. The lowest BCUT2D eigenvalue weighted by atomic mass is 9.61. The van der Waals surface area contributed by atoms with Crippen molar-refractivity contribution in [3.05, 3.63) is 66.2 Å². The summed E-state index contributed by atoms with van der Waals surface area (Å²) in [5, 5.41) is 4.98. The van der Waals surface area contributed by atoms with Gasteiger partial charge in [-0.25, -0.2) is 0 Å². The Morgan fingerprint density at radius 1 is 0.500 bits per heavy atom. The molecule has 3 rings (SSSR count). The number of hydrogen-bond acceptors (Lipinski definition) is 2. The van der Waals surface area contributed by atoms with Gasteiger partial charge in [0.15, 0.2) is 0 Å². The smallest absolute Gasteiger partial charge is 0.0707 e. The minimum Gasteiger partial charge on any atom is -0.303 e. The van der Waals surface area contributed by atoms with Gasteiger partial charge in [-0.05, 0) is 186 Å². The number of halogens is 1. The van der Waals surface area contributed by atoms with E-state index in [1.807, 2.05) is 0 Å². The van der Waals surface area contributed by atoms with Gasteiger partial charge in [0.05, 0.1) is 5.54 Å². The van der Waals surface area contributed by atoms with Gasteiger partial charge in [-0.3, -0.25) is 4.90 Å². The number of piperazine rings is 1. The summed E-state index contributed by atoms with van der Waals surface area (Å²) in [6.45, 7) is 42.3. The molecule has 0 radical (unpaired) electrons. The van der Waals surface area contributed by atoms with Crippen LogP contribution in [0.15, 0.2) is 0 Å². The molecular formula is C35H55ClN2. The number of hydrogen-bond donors (Lipinski definition) is 1. The highest BCUT2D eigenvalue weighted by Crippen LogP contribution is 2.57. The zero-order chi connectivity index (χ0) is 29.7. The molecule has 2 aromatic carbocycles. The Kier molecular flexibility index (Phi) is 7.45. The van der Waals surface area contributed by atoms with Crippen LogP contribution in [-0.4, -0.2) is 27.1 Å². The van der Waals surface area contributed by atoms with Crippen LogP contribution in [0.4, 0.5) is 0 Å². The maximum absolute atomic E-state index is 6.95. The summed E-state index contributed by atoms with van der Waals surface area (Å²) >= 11 is 6.95. The molecule has 1 aliphatic rings. The van der Waals surface area contributed by atoms with Gasteiger partial charge in [-0.2, -0.15) is 0 Å². The molecule has 38 heavy (non-hydrogen) atoms. The first-order valence-electron chi connectivity index (χ1n) is 14.4. The van der Waals surface area contributed by atoms with E-state index in [9.17, 15) is 0 Å². The van der Waals surface area contributed by atoms with Crippen LogP contribution in [0.5, 0.6) is 0 Å². The summed E-state index contributed by atoms with van der Waals surface area (Å²) in [5.41, 5.74) is 13.7. The first-order valence-corrected chi connectivity index (χ1v) is 14.7.